The summed E-state index contributed by atoms with van der Waals surface area (Å²) in [6, 6.07) is 0. The summed E-state index contributed by atoms with van der Waals surface area (Å²) in [4.78, 5) is 0. The van der Waals surface area contributed by atoms with E-state index >= 15 is 0 Å². The predicted octanol–water partition coefficient (Wildman–Crippen LogP) is 2.48. The second kappa shape index (κ2) is 3.63. The highest BCUT2D eigenvalue weighted by atomic mass is 32.4. The van der Waals surface area contributed by atoms with E-state index in [4.69, 9.17) is 11.8 Å². The average Bonchev–Trinajstić information content (AvgIpc) is 1.64. The van der Waals surface area contributed by atoms with Crippen LogP contribution in [0.5, 0.6) is 0 Å². The summed E-state index contributed by atoms with van der Waals surface area (Å²) >= 11 is 5.29. The highest BCUT2D eigenvalue weighted by Crippen LogP contribution is 2.32. The molecule has 0 fully saturated rings. The molecule has 0 aromatic rings. The Morgan fingerprint density at radius 2 is 1.25 bits per heavy atom. The monoisotopic (exact) mass is 150 g/mol. The molecule has 0 amide bonds. The van der Waals surface area contributed by atoms with Gasteiger partial charge in [0.15, 0.2) is 0 Å². The third kappa shape index (κ3) is 2.84. The van der Waals surface area contributed by atoms with Gasteiger partial charge in [0.05, 0.1) is 0 Å². The molecular formula is C6H15PS. The van der Waals surface area contributed by atoms with E-state index in [1.54, 1.807) is 0 Å². The second-order valence-corrected chi connectivity index (χ2v) is 7.24. The van der Waals surface area contributed by atoms with E-state index in [9.17, 15) is 0 Å². The van der Waals surface area contributed by atoms with Crippen LogP contribution in [0.15, 0.2) is 0 Å². The molecule has 0 aromatic carbocycles. The van der Waals surface area contributed by atoms with Gasteiger partial charge in [-0.1, -0.05) is 34.4 Å². The maximum Gasteiger partial charge on any atom is -0.0198 e. The van der Waals surface area contributed by atoms with E-state index in [1.807, 2.05) is 0 Å². The molecule has 0 aliphatic heterocycles. The number of hydrogen-bond acceptors (Lipinski definition) is 1. The molecule has 0 aromatic heterocycles. The van der Waals surface area contributed by atoms with Crippen LogP contribution < -0.4 is 0 Å². The molecule has 0 bridgehead atoms. The summed E-state index contributed by atoms with van der Waals surface area (Å²) in [5.41, 5.74) is 1.52. The Kier molecular flexibility index (Phi) is 3.93. The summed E-state index contributed by atoms with van der Waals surface area (Å²) in [7, 11) is 0. The van der Waals surface area contributed by atoms with Gasteiger partial charge in [-0.25, -0.2) is 0 Å². The molecule has 0 spiro atoms. The van der Waals surface area contributed by atoms with Gasteiger partial charge in [-0.15, -0.1) is 11.8 Å². The fourth-order valence-corrected chi connectivity index (χ4v) is 2.00. The minimum Gasteiger partial charge on any atom is -0.100 e. The molecule has 0 N–H and O–H groups in total. The molecule has 0 aliphatic rings. The maximum absolute atomic E-state index is 5.29. The Morgan fingerprint density at radius 1 is 1.00 bits per heavy atom. The third-order valence-corrected chi connectivity index (χ3v) is 6.24. The van der Waals surface area contributed by atoms with E-state index in [0.29, 0.717) is 0 Å². The zero-order valence-corrected chi connectivity index (χ0v) is 7.88. The topological polar surface area (TPSA) is 0 Å². The molecule has 0 heterocycles. The zero-order valence-electron chi connectivity index (χ0n) is 6.06. The van der Waals surface area contributed by atoms with Crippen LogP contribution in [0.2, 0.25) is 0 Å². The standard InChI is InChI=1S/C6H15PS/c1-5(2)7(8)6(3)4/h5-7H,1-4H3. The minimum atomic E-state index is -0.440. The fraction of sp³-hybridized carbons (Fsp3) is 1.00. The molecule has 0 atom stereocenters. The normalized spacial score (nSPS) is 11.9. The summed E-state index contributed by atoms with van der Waals surface area (Å²) in [6.45, 7) is 8.45. The Labute approximate surface area is 58.1 Å². The number of rotatable bonds is 2. The van der Waals surface area contributed by atoms with E-state index in [0.717, 1.165) is 11.3 Å². The van der Waals surface area contributed by atoms with Gasteiger partial charge in [0.25, 0.3) is 0 Å². The Hall–Kier alpha value is 0.650. The van der Waals surface area contributed by atoms with Crippen molar-refractivity contribution in [3.8, 4) is 0 Å². The van der Waals surface area contributed by atoms with E-state index in [-0.39, 0.29) is 0 Å². The first-order chi connectivity index (χ1) is 3.55. The molecule has 0 nitrogen and oxygen atoms in total. The molecule has 0 unspecified atom stereocenters. The lowest BCUT2D eigenvalue weighted by Crippen LogP contribution is -1.95. The van der Waals surface area contributed by atoms with Crippen molar-refractivity contribution in [3.63, 3.8) is 0 Å². The van der Waals surface area contributed by atoms with Gasteiger partial charge in [0, 0.05) is 0 Å². The van der Waals surface area contributed by atoms with Gasteiger partial charge in [-0.3, -0.25) is 0 Å². The Morgan fingerprint density at radius 3 is 1.25 bits per heavy atom. The zero-order chi connectivity index (χ0) is 6.73. The summed E-state index contributed by atoms with van der Waals surface area (Å²) in [6.07, 6.45) is 0. The van der Waals surface area contributed by atoms with Crippen molar-refractivity contribution in [1.29, 1.82) is 0 Å². The Balaban J connectivity index is 3.65. The first kappa shape index (κ1) is 8.65. The van der Waals surface area contributed by atoms with Gasteiger partial charge >= 0.3 is 0 Å². The van der Waals surface area contributed by atoms with E-state index in [1.165, 1.54) is 0 Å². The second-order valence-electron chi connectivity index (χ2n) is 2.71. The van der Waals surface area contributed by atoms with Crippen molar-refractivity contribution in [2.45, 2.75) is 39.0 Å². The molecular weight excluding hydrogens is 135 g/mol. The lowest BCUT2D eigenvalue weighted by molar-refractivity contribution is 1.03. The van der Waals surface area contributed by atoms with Crippen molar-refractivity contribution in [2.24, 2.45) is 0 Å². The molecule has 0 aliphatic carbocycles. The molecule has 50 valence electrons. The predicted molar refractivity (Wildman–Crippen MR) is 46.0 cm³/mol. The van der Waals surface area contributed by atoms with Crippen molar-refractivity contribution in [3.05, 3.63) is 0 Å². The summed E-state index contributed by atoms with van der Waals surface area (Å²) in [5, 5.41) is 0. The van der Waals surface area contributed by atoms with E-state index < -0.39 is 6.70 Å². The smallest absolute Gasteiger partial charge is 0.0198 e. The van der Waals surface area contributed by atoms with Gasteiger partial charge in [-0.05, 0) is 11.3 Å². The van der Waals surface area contributed by atoms with Crippen molar-refractivity contribution >= 4 is 18.5 Å². The lowest BCUT2D eigenvalue weighted by atomic mass is 10.5. The van der Waals surface area contributed by atoms with Crippen LogP contribution in [0.1, 0.15) is 27.7 Å². The molecule has 0 saturated carbocycles. The average molecular weight is 150 g/mol. The summed E-state index contributed by atoms with van der Waals surface area (Å²) < 4.78 is 0. The largest absolute Gasteiger partial charge is 0.100 e. The van der Waals surface area contributed by atoms with Crippen LogP contribution in [0, 0.1) is 0 Å². The van der Waals surface area contributed by atoms with Crippen LogP contribution in [0.4, 0.5) is 0 Å². The molecule has 0 rings (SSSR count). The van der Waals surface area contributed by atoms with Gasteiger partial charge in [0.1, 0.15) is 0 Å². The van der Waals surface area contributed by atoms with Crippen LogP contribution in [0.25, 0.3) is 0 Å². The first-order valence-corrected chi connectivity index (χ1v) is 5.88. The minimum absolute atomic E-state index is 0.440. The maximum atomic E-state index is 5.29. The number of hydrogen-bond donors (Lipinski definition) is 0. The van der Waals surface area contributed by atoms with E-state index in [2.05, 4.69) is 27.7 Å². The third-order valence-electron chi connectivity index (χ3n) is 1.14. The summed E-state index contributed by atoms with van der Waals surface area (Å²) in [5.74, 6) is 0. The van der Waals surface area contributed by atoms with Crippen molar-refractivity contribution < 1.29 is 0 Å². The molecule has 0 radical (unpaired) electrons. The van der Waals surface area contributed by atoms with Gasteiger partial charge < -0.3 is 0 Å². The molecule has 0 saturated heterocycles. The molecule has 2 heteroatoms. The van der Waals surface area contributed by atoms with Crippen molar-refractivity contribution in [1.82, 2.24) is 0 Å². The highest BCUT2D eigenvalue weighted by molar-refractivity contribution is 8.05. The van der Waals surface area contributed by atoms with Crippen LogP contribution in [-0.4, -0.2) is 11.3 Å². The SMILES string of the molecule is CC(C)[PH](=S)C(C)C. The fourth-order valence-electron chi connectivity index (χ4n) is 0.667. The molecule has 8 heavy (non-hydrogen) atoms. The van der Waals surface area contributed by atoms with Crippen LogP contribution in [0.3, 0.4) is 0 Å². The van der Waals surface area contributed by atoms with Gasteiger partial charge in [-0.2, -0.15) is 0 Å². The van der Waals surface area contributed by atoms with Crippen LogP contribution in [-0.2, 0) is 11.8 Å². The Bertz CT molecular complexity index is 76.5. The van der Waals surface area contributed by atoms with Gasteiger partial charge in [0.2, 0.25) is 0 Å². The van der Waals surface area contributed by atoms with Crippen molar-refractivity contribution in [2.75, 3.05) is 0 Å². The first-order valence-electron chi connectivity index (χ1n) is 3.09. The lowest BCUT2D eigenvalue weighted by Gasteiger charge is -2.10. The highest BCUT2D eigenvalue weighted by Gasteiger charge is 2.03. The van der Waals surface area contributed by atoms with Crippen LogP contribution >= 0.6 is 6.70 Å². The quantitative estimate of drug-likeness (QED) is 0.545.